The topological polar surface area (TPSA) is 20.2 Å². The molecule has 2 aliphatic carbocycles. The van der Waals surface area contributed by atoms with Crippen molar-refractivity contribution < 1.29 is 5.02 Å². The molecule has 0 heterocycles. The Morgan fingerprint density at radius 1 is 0.750 bits per heavy atom. The van der Waals surface area contributed by atoms with E-state index < -0.39 is 0 Å². The molecule has 1 N–H and O–H groups in total. The molecule has 0 radical (unpaired) electrons. The van der Waals surface area contributed by atoms with Gasteiger partial charge in [-0.25, -0.2) is 0 Å². The summed E-state index contributed by atoms with van der Waals surface area (Å²) in [4.78, 5) is 0. The minimum Gasteiger partial charge on any atom is -0.450 e. The van der Waals surface area contributed by atoms with Gasteiger partial charge in [-0.15, -0.1) is 0 Å². The lowest BCUT2D eigenvalue weighted by Crippen LogP contribution is -2.23. The predicted molar refractivity (Wildman–Crippen MR) is 52.4 cm³/mol. The minimum absolute atomic E-state index is 0.0509. The van der Waals surface area contributed by atoms with Gasteiger partial charge in [-0.3, -0.25) is 0 Å². The molecule has 68 valence electrons. The second kappa shape index (κ2) is 3.82. The summed E-state index contributed by atoms with van der Waals surface area (Å²) in [6, 6.07) is 0. The summed E-state index contributed by atoms with van der Waals surface area (Å²) in [6.07, 6.45) is 10.6. The number of hydrogen-bond acceptors (Lipinski definition) is 1. The van der Waals surface area contributed by atoms with Gasteiger partial charge in [-0.05, 0) is 11.6 Å². The molecule has 1 nitrogen and oxygen atoms in total. The number of rotatable bonds is 2. The molecule has 0 unspecified atom stereocenters. The van der Waals surface area contributed by atoms with Gasteiger partial charge in [-0.1, -0.05) is 51.4 Å². The van der Waals surface area contributed by atoms with Crippen molar-refractivity contribution >= 4 is 6.92 Å². The molecule has 0 spiro atoms. The summed E-state index contributed by atoms with van der Waals surface area (Å²) in [7, 11) is 0. The molecular weight excluding hydrogens is 147 g/mol. The summed E-state index contributed by atoms with van der Waals surface area (Å²) < 4.78 is 0. The summed E-state index contributed by atoms with van der Waals surface area (Å²) in [5.74, 6) is 1.32. The van der Waals surface area contributed by atoms with Crippen molar-refractivity contribution in [2.24, 2.45) is 0 Å². The molecule has 0 amide bonds. The van der Waals surface area contributed by atoms with Crippen LogP contribution in [0.25, 0.3) is 0 Å². The molecule has 0 saturated heterocycles. The van der Waals surface area contributed by atoms with E-state index in [1.807, 2.05) is 0 Å². The first-order valence-electron chi connectivity index (χ1n) is 5.56. The Balaban J connectivity index is 1.84. The van der Waals surface area contributed by atoms with E-state index >= 15 is 0 Å². The zero-order valence-corrected chi connectivity index (χ0v) is 7.84. The summed E-state index contributed by atoms with van der Waals surface area (Å²) in [5, 5.41) is 10.0. The Morgan fingerprint density at radius 3 is 1.42 bits per heavy atom. The van der Waals surface area contributed by atoms with Crippen LogP contribution < -0.4 is 0 Å². The molecule has 0 aromatic rings. The molecule has 12 heavy (non-hydrogen) atoms. The lowest BCUT2D eigenvalue weighted by Gasteiger charge is -2.19. The molecule has 0 aromatic heterocycles. The van der Waals surface area contributed by atoms with Crippen LogP contribution in [0.3, 0.4) is 0 Å². The fourth-order valence-corrected chi connectivity index (χ4v) is 2.98. The third kappa shape index (κ3) is 1.68. The maximum atomic E-state index is 10.0. The van der Waals surface area contributed by atoms with Gasteiger partial charge < -0.3 is 5.02 Å². The summed E-state index contributed by atoms with van der Waals surface area (Å²) in [6.45, 7) is 0.0509. The van der Waals surface area contributed by atoms with Crippen molar-refractivity contribution in [2.75, 3.05) is 0 Å². The largest absolute Gasteiger partial charge is 0.450 e. The third-order valence-corrected chi connectivity index (χ3v) is 3.77. The zero-order chi connectivity index (χ0) is 8.39. The monoisotopic (exact) mass is 166 g/mol. The van der Waals surface area contributed by atoms with Crippen LogP contribution >= 0.6 is 0 Å². The number of hydrogen-bond donors (Lipinski definition) is 1. The third-order valence-electron chi connectivity index (χ3n) is 3.77. The lowest BCUT2D eigenvalue weighted by atomic mass is 9.46. The van der Waals surface area contributed by atoms with Gasteiger partial charge >= 0.3 is 0 Å². The van der Waals surface area contributed by atoms with Crippen LogP contribution in [0.15, 0.2) is 0 Å². The van der Waals surface area contributed by atoms with Crippen LogP contribution in [-0.2, 0) is 0 Å². The van der Waals surface area contributed by atoms with Crippen LogP contribution in [0.4, 0.5) is 0 Å². The molecule has 0 aliphatic heterocycles. The average Bonchev–Trinajstić information content (AvgIpc) is 2.77. The molecule has 0 bridgehead atoms. The molecule has 2 heteroatoms. The molecular formula is C10H19BO. The first kappa shape index (κ1) is 8.62. The highest BCUT2D eigenvalue weighted by atomic mass is 16.2. The SMILES string of the molecule is OB(C1CCCC1)C1CCCC1. The van der Waals surface area contributed by atoms with Crippen molar-refractivity contribution in [2.45, 2.75) is 63.0 Å². The van der Waals surface area contributed by atoms with Crippen LogP contribution in [0.5, 0.6) is 0 Å². The van der Waals surface area contributed by atoms with E-state index in [1.165, 1.54) is 51.4 Å². The van der Waals surface area contributed by atoms with Gasteiger partial charge in [-0.2, -0.15) is 0 Å². The summed E-state index contributed by atoms with van der Waals surface area (Å²) >= 11 is 0. The van der Waals surface area contributed by atoms with Crippen LogP contribution in [-0.4, -0.2) is 11.9 Å². The van der Waals surface area contributed by atoms with Crippen LogP contribution in [0.1, 0.15) is 51.4 Å². The molecule has 2 rings (SSSR count). The standard InChI is InChI=1S/C10H19BO/c12-11(9-5-1-2-6-9)10-7-3-4-8-10/h9-10,12H,1-8H2. The Bertz CT molecular complexity index is 121. The Labute approximate surface area is 75.7 Å². The first-order valence-corrected chi connectivity index (χ1v) is 5.56. The van der Waals surface area contributed by atoms with Crippen molar-refractivity contribution in [3.8, 4) is 0 Å². The molecule has 0 aromatic carbocycles. The fourth-order valence-electron chi connectivity index (χ4n) is 2.98. The van der Waals surface area contributed by atoms with Gasteiger partial charge in [0.05, 0.1) is 0 Å². The van der Waals surface area contributed by atoms with Gasteiger partial charge in [0.25, 0.3) is 6.92 Å². The Hall–Kier alpha value is 0.0249. The van der Waals surface area contributed by atoms with E-state index in [4.69, 9.17) is 0 Å². The highest BCUT2D eigenvalue weighted by Gasteiger charge is 2.35. The second-order valence-corrected chi connectivity index (χ2v) is 4.58. The van der Waals surface area contributed by atoms with Gasteiger partial charge in [0.2, 0.25) is 0 Å². The highest BCUT2D eigenvalue weighted by molar-refractivity contribution is 6.54. The zero-order valence-electron chi connectivity index (χ0n) is 7.84. The fraction of sp³-hybridized carbons (Fsp3) is 1.00. The summed E-state index contributed by atoms with van der Waals surface area (Å²) in [5.41, 5.74) is 0. The first-order chi connectivity index (χ1) is 5.88. The van der Waals surface area contributed by atoms with E-state index in [0.717, 1.165) is 0 Å². The van der Waals surface area contributed by atoms with Crippen molar-refractivity contribution in [3.63, 3.8) is 0 Å². The maximum absolute atomic E-state index is 10.0. The smallest absolute Gasteiger partial charge is 0.295 e. The van der Waals surface area contributed by atoms with Crippen molar-refractivity contribution in [3.05, 3.63) is 0 Å². The molecule has 2 fully saturated rings. The second-order valence-electron chi connectivity index (χ2n) is 4.58. The van der Waals surface area contributed by atoms with Crippen LogP contribution in [0, 0.1) is 0 Å². The van der Waals surface area contributed by atoms with E-state index in [2.05, 4.69) is 0 Å². The van der Waals surface area contributed by atoms with E-state index in [1.54, 1.807) is 0 Å². The van der Waals surface area contributed by atoms with Crippen molar-refractivity contribution in [1.82, 2.24) is 0 Å². The Kier molecular flexibility index (Phi) is 2.74. The predicted octanol–water partition coefficient (Wildman–Crippen LogP) is 2.86. The Morgan fingerprint density at radius 2 is 1.08 bits per heavy atom. The quantitative estimate of drug-likeness (QED) is 0.625. The maximum Gasteiger partial charge on any atom is 0.295 e. The lowest BCUT2D eigenvalue weighted by molar-refractivity contribution is 0.511. The average molecular weight is 166 g/mol. The normalized spacial score (nSPS) is 26.8. The molecule has 0 atom stereocenters. The highest BCUT2D eigenvalue weighted by Crippen LogP contribution is 2.41. The van der Waals surface area contributed by atoms with Gasteiger partial charge in [0, 0.05) is 0 Å². The van der Waals surface area contributed by atoms with E-state index in [0.29, 0.717) is 11.6 Å². The van der Waals surface area contributed by atoms with E-state index in [9.17, 15) is 5.02 Å². The van der Waals surface area contributed by atoms with E-state index in [-0.39, 0.29) is 6.92 Å². The van der Waals surface area contributed by atoms with Crippen LogP contribution in [0.2, 0.25) is 11.6 Å². The molecule has 2 saturated carbocycles. The van der Waals surface area contributed by atoms with Crippen molar-refractivity contribution in [1.29, 1.82) is 0 Å². The molecule has 2 aliphatic rings. The van der Waals surface area contributed by atoms with Gasteiger partial charge in [0.15, 0.2) is 0 Å². The minimum atomic E-state index is 0.0509. The van der Waals surface area contributed by atoms with Gasteiger partial charge in [0.1, 0.15) is 0 Å².